The number of benzene rings is 1. The maximum Gasteiger partial charge on any atom is 0.326 e. The fraction of sp³-hybridized carbons (Fsp3) is 0.267. The molecule has 0 saturated carbocycles. The van der Waals surface area contributed by atoms with Crippen molar-refractivity contribution >= 4 is 22.8 Å². The molecule has 6 nitrogen and oxygen atoms in total. The van der Waals surface area contributed by atoms with E-state index in [-0.39, 0.29) is 5.56 Å². The van der Waals surface area contributed by atoms with Gasteiger partial charge in [0.1, 0.15) is 11.6 Å². The average molecular weight is 288 g/mol. The number of para-hydroxylation sites is 1. The van der Waals surface area contributed by atoms with E-state index in [1.54, 1.807) is 24.3 Å². The number of aromatic amines is 1. The van der Waals surface area contributed by atoms with E-state index < -0.39 is 23.3 Å². The Labute approximate surface area is 120 Å². The molecule has 21 heavy (non-hydrogen) atoms. The molecular weight excluding hydrogens is 272 g/mol. The summed E-state index contributed by atoms with van der Waals surface area (Å²) in [6, 6.07) is 5.84. The summed E-state index contributed by atoms with van der Waals surface area (Å²) < 4.78 is 0. The van der Waals surface area contributed by atoms with Gasteiger partial charge < -0.3 is 15.4 Å². The molecule has 1 unspecified atom stereocenters. The number of rotatable bonds is 5. The summed E-state index contributed by atoms with van der Waals surface area (Å²) in [5.41, 5.74) is 0.126. The van der Waals surface area contributed by atoms with Crippen LogP contribution in [-0.2, 0) is 4.79 Å². The number of nitrogens with one attached hydrogen (secondary N) is 2. The molecule has 1 aromatic heterocycles. The molecule has 3 N–H and O–H groups in total. The van der Waals surface area contributed by atoms with E-state index in [0.717, 1.165) is 0 Å². The van der Waals surface area contributed by atoms with Crippen LogP contribution in [0, 0.1) is 0 Å². The summed E-state index contributed by atoms with van der Waals surface area (Å²) in [4.78, 5) is 38.3. The van der Waals surface area contributed by atoms with E-state index in [1.807, 2.05) is 6.92 Å². The second-order valence-corrected chi connectivity index (χ2v) is 4.73. The molecule has 110 valence electrons. The first-order valence-corrected chi connectivity index (χ1v) is 6.68. The molecule has 0 spiro atoms. The van der Waals surface area contributed by atoms with Crippen LogP contribution in [0.2, 0.25) is 0 Å². The molecule has 0 aliphatic carbocycles. The highest BCUT2D eigenvalue weighted by atomic mass is 16.4. The van der Waals surface area contributed by atoms with Gasteiger partial charge in [-0.1, -0.05) is 25.5 Å². The Hall–Kier alpha value is -2.63. The smallest absolute Gasteiger partial charge is 0.326 e. The third-order valence-corrected chi connectivity index (χ3v) is 3.21. The second kappa shape index (κ2) is 6.21. The predicted octanol–water partition coefficient (Wildman–Crippen LogP) is 1.51. The minimum Gasteiger partial charge on any atom is -0.480 e. The highest BCUT2D eigenvalue weighted by Gasteiger charge is 2.21. The average Bonchev–Trinajstić information content (AvgIpc) is 2.47. The van der Waals surface area contributed by atoms with E-state index >= 15 is 0 Å². The van der Waals surface area contributed by atoms with E-state index in [1.165, 1.54) is 6.20 Å². The quantitative estimate of drug-likeness (QED) is 0.776. The maximum absolute atomic E-state index is 12.3. The Morgan fingerprint density at radius 2 is 2.05 bits per heavy atom. The highest BCUT2D eigenvalue weighted by Crippen LogP contribution is 2.07. The van der Waals surface area contributed by atoms with Crippen LogP contribution in [0.25, 0.3) is 10.9 Å². The summed E-state index contributed by atoms with van der Waals surface area (Å²) in [5, 5.41) is 11.8. The van der Waals surface area contributed by atoms with Crippen molar-refractivity contribution in [3.8, 4) is 0 Å². The first-order valence-electron chi connectivity index (χ1n) is 6.68. The molecule has 1 atom stereocenters. The third kappa shape index (κ3) is 3.10. The molecule has 0 aliphatic heterocycles. The predicted molar refractivity (Wildman–Crippen MR) is 78.4 cm³/mol. The van der Waals surface area contributed by atoms with E-state index in [0.29, 0.717) is 23.7 Å². The van der Waals surface area contributed by atoms with Gasteiger partial charge in [-0.25, -0.2) is 4.79 Å². The Bertz CT molecular complexity index is 736. The van der Waals surface area contributed by atoms with Crippen LogP contribution in [0.4, 0.5) is 0 Å². The number of aromatic nitrogens is 1. The van der Waals surface area contributed by atoms with Gasteiger partial charge in [-0.05, 0) is 18.6 Å². The van der Waals surface area contributed by atoms with Crippen molar-refractivity contribution in [1.82, 2.24) is 10.3 Å². The van der Waals surface area contributed by atoms with Crippen molar-refractivity contribution in [2.24, 2.45) is 0 Å². The lowest BCUT2D eigenvalue weighted by atomic mass is 10.1. The second-order valence-electron chi connectivity index (χ2n) is 4.73. The first-order chi connectivity index (χ1) is 10.0. The Morgan fingerprint density at radius 1 is 1.33 bits per heavy atom. The number of carboxylic acids is 1. The van der Waals surface area contributed by atoms with Gasteiger partial charge >= 0.3 is 5.97 Å². The lowest BCUT2D eigenvalue weighted by Gasteiger charge is -2.13. The van der Waals surface area contributed by atoms with Gasteiger partial charge in [0.2, 0.25) is 5.43 Å². The lowest BCUT2D eigenvalue weighted by Crippen LogP contribution is -2.42. The number of pyridine rings is 1. The van der Waals surface area contributed by atoms with Gasteiger partial charge in [-0.3, -0.25) is 9.59 Å². The Balaban J connectivity index is 2.33. The number of hydrogen-bond donors (Lipinski definition) is 3. The molecule has 0 saturated heterocycles. The fourth-order valence-electron chi connectivity index (χ4n) is 2.12. The summed E-state index contributed by atoms with van der Waals surface area (Å²) in [7, 11) is 0. The fourth-order valence-corrected chi connectivity index (χ4v) is 2.12. The third-order valence-electron chi connectivity index (χ3n) is 3.21. The SMILES string of the molecule is CCCC(NC(=O)c1c[nH]c2ccccc2c1=O)C(=O)O. The largest absolute Gasteiger partial charge is 0.480 e. The molecule has 0 fully saturated rings. The number of H-pyrrole nitrogens is 1. The molecule has 1 aromatic carbocycles. The van der Waals surface area contributed by atoms with Crippen LogP contribution in [0.1, 0.15) is 30.1 Å². The summed E-state index contributed by atoms with van der Waals surface area (Å²) in [6.07, 6.45) is 2.24. The number of hydrogen-bond acceptors (Lipinski definition) is 3. The zero-order chi connectivity index (χ0) is 15.4. The van der Waals surface area contributed by atoms with Gasteiger partial charge in [0, 0.05) is 17.1 Å². The van der Waals surface area contributed by atoms with E-state index in [2.05, 4.69) is 10.3 Å². The van der Waals surface area contributed by atoms with Crippen LogP contribution in [0.15, 0.2) is 35.3 Å². The number of fused-ring (bicyclic) bond motifs is 1. The van der Waals surface area contributed by atoms with E-state index in [4.69, 9.17) is 5.11 Å². The summed E-state index contributed by atoms with van der Waals surface area (Å²) in [5.74, 6) is -1.79. The van der Waals surface area contributed by atoms with Crippen molar-refractivity contribution in [2.45, 2.75) is 25.8 Å². The topological polar surface area (TPSA) is 99.3 Å². The molecule has 0 aliphatic rings. The number of carbonyl (C=O) groups is 2. The Kier molecular flexibility index (Phi) is 4.37. The van der Waals surface area contributed by atoms with Crippen molar-refractivity contribution in [3.63, 3.8) is 0 Å². The molecule has 1 amide bonds. The lowest BCUT2D eigenvalue weighted by molar-refractivity contribution is -0.139. The molecule has 1 heterocycles. The van der Waals surface area contributed by atoms with Gasteiger partial charge in [0.15, 0.2) is 0 Å². The molecular formula is C15H16N2O4. The number of carbonyl (C=O) groups excluding carboxylic acids is 1. The van der Waals surface area contributed by atoms with Crippen LogP contribution < -0.4 is 10.7 Å². The molecule has 2 aromatic rings. The normalized spacial score (nSPS) is 12.0. The molecule has 6 heteroatoms. The minimum atomic E-state index is -1.11. The van der Waals surface area contributed by atoms with Crippen LogP contribution in [0.3, 0.4) is 0 Å². The van der Waals surface area contributed by atoms with Crippen LogP contribution >= 0.6 is 0 Å². The van der Waals surface area contributed by atoms with E-state index in [9.17, 15) is 14.4 Å². The molecule has 0 bridgehead atoms. The maximum atomic E-state index is 12.3. The summed E-state index contributed by atoms with van der Waals surface area (Å²) in [6.45, 7) is 1.82. The summed E-state index contributed by atoms with van der Waals surface area (Å²) >= 11 is 0. The standard InChI is InChI=1S/C15H16N2O4/c1-2-5-12(15(20)21)17-14(19)10-8-16-11-7-4-3-6-9(11)13(10)18/h3-4,6-8,12H,2,5H2,1H3,(H,16,18)(H,17,19)(H,20,21). The van der Waals surface area contributed by atoms with Crippen molar-refractivity contribution < 1.29 is 14.7 Å². The van der Waals surface area contributed by atoms with Gasteiger partial charge in [-0.15, -0.1) is 0 Å². The minimum absolute atomic E-state index is 0.0870. The van der Waals surface area contributed by atoms with Gasteiger partial charge in [-0.2, -0.15) is 0 Å². The molecule has 0 radical (unpaired) electrons. The van der Waals surface area contributed by atoms with Gasteiger partial charge in [0.25, 0.3) is 5.91 Å². The Morgan fingerprint density at radius 3 is 2.71 bits per heavy atom. The van der Waals surface area contributed by atoms with Gasteiger partial charge in [0.05, 0.1) is 0 Å². The number of aliphatic carboxylic acids is 1. The highest BCUT2D eigenvalue weighted by molar-refractivity contribution is 5.98. The van der Waals surface area contributed by atoms with Crippen LogP contribution in [-0.4, -0.2) is 28.0 Å². The zero-order valence-electron chi connectivity index (χ0n) is 11.6. The first kappa shape index (κ1) is 14.8. The number of amides is 1. The monoisotopic (exact) mass is 288 g/mol. The van der Waals surface area contributed by atoms with Crippen LogP contribution in [0.5, 0.6) is 0 Å². The van der Waals surface area contributed by atoms with Crippen molar-refractivity contribution in [2.75, 3.05) is 0 Å². The number of carboxylic acid groups (broad SMARTS) is 1. The van der Waals surface area contributed by atoms with Crippen molar-refractivity contribution in [1.29, 1.82) is 0 Å². The van der Waals surface area contributed by atoms with Crippen molar-refractivity contribution in [3.05, 3.63) is 46.2 Å². The molecule has 2 rings (SSSR count). The zero-order valence-corrected chi connectivity index (χ0v) is 11.6.